The van der Waals surface area contributed by atoms with Gasteiger partial charge in [0, 0.05) is 10.6 Å². The first-order chi connectivity index (χ1) is 20.2. The molecule has 0 unspecified atom stereocenters. The second-order valence-electron chi connectivity index (χ2n) is 9.60. The van der Waals surface area contributed by atoms with Gasteiger partial charge in [0.25, 0.3) is 5.78 Å². The summed E-state index contributed by atoms with van der Waals surface area (Å²) < 4.78 is 11.0. The van der Waals surface area contributed by atoms with Gasteiger partial charge in [0.2, 0.25) is 0 Å². The summed E-state index contributed by atoms with van der Waals surface area (Å²) in [5, 5.41) is 12.2. The Morgan fingerprint density at radius 2 is 1.76 bits per heavy atom. The average molecular weight is 603 g/mol. The molecule has 3 aromatic carbocycles. The van der Waals surface area contributed by atoms with E-state index in [4.69, 9.17) is 21.1 Å². The van der Waals surface area contributed by atoms with E-state index in [1.165, 1.54) is 4.90 Å². The number of ketones is 1. The van der Waals surface area contributed by atoms with Gasteiger partial charge in [-0.3, -0.25) is 14.5 Å². The zero-order valence-electron chi connectivity index (χ0n) is 23.1. The van der Waals surface area contributed by atoms with Gasteiger partial charge in [0.1, 0.15) is 23.0 Å². The van der Waals surface area contributed by atoms with Crippen molar-refractivity contribution in [2.75, 3.05) is 11.5 Å². The van der Waals surface area contributed by atoms with Crippen molar-refractivity contribution in [2.45, 2.75) is 33.4 Å². The number of amides is 1. The third-order valence-corrected chi connectivity index (χ3v) is 8.17. The van der Waals surface area contributed by atoms with Crippen LogP contribution in [0.4, 0.5) is 5.13 Å². The fraction of sp³-hybridized carbons (Fsp3) is 0.188. The molecule has 10 heteroatoms. The molecule has 214 valence electrons. The van der Waals surface area contributed by atoms with E-state index in [0.717, 1.165) is 16.9 Å². The Morgan fingerprint density at radius 1 is 1.05 bits per heavy atom. The number of halogens is 1. The highest BCUT2D eigenvalue weighted by atomic mass is 35.5. The quantitative estimate of drug-likeness (QED) is 0.102. The Hall–Kier alpha value is -4.47. The van der Waals surface area contributed by atoms with Crippen LogP contribution in [0, 0.1) is 13.8 Å². The summed E-state index contributed by atoms with van der Waals surface area (Å²) in [6, 6.07) is 20.5. The molecule has 1 atom stereocenters. The number of anilines is 1. The maximum Gasteiger partial charge on any atom is 0.350 e. The van der Waals surface area contributed by atoms with E-state index in [1.807, 2.05) is 30.3 Å². The Bertz CT molecular complexity index is 1700. The number of carbonyl (C=O) groups is 3. The molecule has 1 N–H and O–H groups in total. The zero-order chi connectivity index (χ0) is 30.0. The van der Waals surface area contributed by atoms with E-state index in [9.17, 15) is 19.5 Å². The Morgan fingerprint density at radius 3 is 2.43 bits per heavy atom. The van der Waals surface area contributed by atoms with Crippen LogP contribution in [0.1, 0.15) is 50.6 Å². The lowest BCUT2D eigenvalue weighted by molar-refractivity contribution is -0.132. The molecule has 42 heavy (non-hydrogen) atoms. The number of benzene rings is 3. The Balaban J connectivity index is 1.57. The minimum Gasteiger partial charge on any atom is -0.507 e. The highest BCUT2D eigenvalue weighted by Gasteiger charge is 2.48. The topological polar surface area (TPSA) is 106 Å². The number of aliphatic hydroxyl groups is 1. The van der Waals surface area contributed by atoms with E-state index in [0.29, 0.717) is 39.8 Å². The van der Waals surface area contributed by atoms with Gasteiger partial charge in [0.15, 0.2) is 5.13 Å². The smallest absolute Gasteiger partial charge is 0.350 e. The maximum absolute atomic E-state index is 13.5. The normalized spacial score (nSPS) is 16.1. The number of hydrogen-bond acceptors (Lipinski definition) is 8. The molecular formula is C32H27ClN2O6S. The van der Waals surface area contributed by atoms with Gasteiger partial charge in [-0.2, -0.15) is 0 Å². The first-order valence-corrected chi connectivity index (χ1v) is 14.4. The van der Waals surface area contributed by atoms with Gasteiger partial charge in [0.05, 0.1) is 23.9 Å². The van der Waals surface area contributed by atoms with Crippen LogP contribution < -0.4 is 9.64 Å². The van der Waals surface area contributed by atoms with Gasteiger partial charge >= 0.3 is 11.9 Å². The molecule has 0 saturated carbocycles. The number of ether oxygens (including phenoxy) is 2. The minimum atomic E-state index is -1.02. The average Bonchev–Trinajstić information content (AvgIpc) is 3.49. The monoisotopic (exact) mass is 602 g/mol. The van der Waals surface area contributed by atoms with E-state index in [1.54, 1.807) is 63.2 Å². The van der Waals surface area contributed by atoms with E-state index >= 15 is 0 Å². The predicted octanol–water partition coefficient (Wildman–Crippen LogP) is 6.80. The summed E-state index contributed by atoms with van der Waals surface area (Å²) >= 11 is 7.08. The second-order valence-corrected chi connectivity index (χ2v) is 11.0. The van der Waals surface area contributed by atoms with Crippen molar-refractivity contribution in [2.24, 2.45) is 0 Å². The number of hydrogen-bond donors (Lipinski definition) is 1. The number of aliphatic hydroxyl groups excluding tert-OH is 1. The number of Topliss-reactive ketones (excluding diaryl/α,β-unsaturated/α-hetero) is 1. The first kappa shape index (κ1) is 29.0. The number of carbonyl (C=O) groups excluding carboxylic acids is 3. The molecule has 1 fully saturated rings. The van der Waals surface area contributed by atoms with Crippen molar-refractivity contribution in [1.29, 1.82) is 0 Å². The van der Waals surface area contributed by atoms with Crippen LogP contribution in [0.25, 0.3) is 5.76 Å². The molecule has 0 radical (unpaired) electrons. The molecule has 1 aromatic heterocycles. The lowest BCUT2D eigenvalue weighted by atomic mass is 9.94. The summed E-state index contributed by atoms with van der Waals surface area (Å²) in [6.07, 6.45) is 0. The van der Waals surface area contributed by atoms with Crippen molar-refractivity contribution in [3.8, 4) is 5.75 Å². The molecule has 0 aliphatic carbocycles. The van der Waals surface area contributed by atoms with Crippen LogP contribution in [0.3, 0.4) is 0 Å². The number of nitrogens with zero attached hydrogens (tertiary/aromatic N) is 2. The Kier molecular flexibility index (Phi) is 8.42. The molecule has 2 heterocycles. The van der Waals surface area contributed by atoms with Crippen LogP contribution in [-0.4, -0.2) is 34.4 Å². The van der Waals surface area contributed by atoms with Crippen LogP contribution in [-0.2, 0) is 20.9 Å². The van der Waals surface area contributed by atoms with Crippen molar-refractivity contribution >= 4 is 51.5 Å². The number of rotatable bonds is 8. The third-order valence-electron chi connectivity index (χ3n) is 6.78. The van der Waals surface area contributed by atoms with E-state index in [2.05, 4.69) is 4.98 Å². The molecule has 1 saturated heterocycles. The molecule has 0 bridgehead atoms. The van der Waals surface area contributed by atoms with Crippen molar-refractivity contribution < 1.29 is 29.0 Å². The molecule has 1 aliphatic rings. The summed E-state index contributed by atoms with van der Waals surface area (Å²) in [7, 11) is 0. The summed E-state index contributed by atoms with van der Waals surface area (Å²) in [6.45, 7) is 5.65. The van der Waals surface area contributed by atoms with Crippen LogP contribution >= 0.6 is 22.9 Å². The van der Waals surface area contributed by atoms with E-state index in [-0.39, 0.29) is 27.9 Å². The SMILES string of the molecule is CCOC(=O)c1sc(N2C(=O)C(=O)C(=C(O)c3ccc(OCc4ccccc4)cc3C)[C@H]2c2ccc(Cl)cc2)nc1C. The number of esters is 1. The third kappa shape index (κ3) is 5.66. The van der Waals surface area contributed by atoms with Gasteiger partial charge < -0.3 is 14.6 Å². The fourth-order valence-electron chi connectivity index (χ4n) is 4.74. The van der Waals surface area contributed by atoms with Gasteiger partial charge in [-0.15, -0.1) is 0 Å². The largest absolute Gasteiger partial charge is 0.507 e. The van der Waals surface area contributed by atoms with Crippen LogP contribution in [0.5, 0.6) is 5.75 Å². The highest BCUT2D eigenvalue weighted by Crippen LogP contribution is 2.44. The molecule has 8 nitrogen and oxygen atoms in total. The lowest BCUT2D eigenvalue weighted by Gasteiger charge is -2.23. The predicted molar refractivity (Wildman–Crippen MR) is 161 cm³/mol. The summed E-state index contributed by atoms with van der Waals surface area (Å²) in [5.41, 5.74) is 2.83. The minimum absolute atomic E-state index is 0.103. The molecule has 1 amide bonds. The van der Waals surface area contributed by atoms with Crippen molar-refractivity contribution in [3.63, 3.8) is 0 Å². The number of thiazole rings is 1. The molecule has 0 spiro atoms. The van der Waals surface area contributed by atoms with Gasteiger partial charge in [-0.25, -0.2) is 9.78 Å². The van der Waals surface area contributed by atoms with Crippen LogP contribution in [0.15, 0.2) is 78.4 Å². The summed E-state index contributed by atoms with van der Waals surface area (Å²) in [4.78, 5) is 45.4. The van der Waals surface area contributed by atoms with Crippen molar-refractivity contribution in [1.82, 2.24) is 4.98 Å². The fourth-order valence-corrected chi connectivity index (χ4v) is 5.85. The van der Waals surface area contributed by atoms with Gasteiger partial charge in [-0.05, 0) is 67.8 Å². The molecule has 1 aliphatic heterocycles. The first-order valence-electron chi connectivity index (χ1n) is 13.2. The van der Waals surface area contributed by atoms with Crippen molar-refractivity contribution in [3.05, 3.63) is 116 Å². The molecule has 5 rings (SSSR count). The van der Waals surface area contributed by atoms with Gasteiger partial charge in [-0.1, -0.05) is 65.4 Å². The maximum atomic E-state index is 13.5. The second kappa shape index (κ2) is 12.2. The Labute approximate surface area is 251 Å². The molecular weight excluding hydrogens is 576 g/mol. The standard InChI is InChI=1S/C32H27ClN2O6S/c1-4-40-31(39)29-19(3)34-32(42-29)35-26(21-10-12-22(33)13-11-21)25(28(37)30(35)38)27(36)24-15-14-23(16-18(24)2)41-17-20-8-6-5-7-9-20/h5-16,26,36H,4,17H2,1-3H3/t26-/m1/s1. The number of aromatic nitrogens is 1. The number of aryl methyl sites for hydroxylation is 2. The van der Waals surface area contributed by atoms with Crippen LogP contribution in [0.2, 0.25) is 5.02 Å². The zero-order valence-corrected chi connectivity index (χ0v) is 24.7. The lowest BCUT2D eigenvalue weighted by Crippen LogP contribution is -2.29. The van der Waals surface area contributed by atoms with E-state index < -0.39 is 23.7 Å². The molecule has 4 aromatic rings. The highest BCUT2D eigenvalue weighted by molar-refractivity contribution is 7.17. The summed E-state index contributed by atoms with van der Waals surface area (Å²) in [5.74, 6) is -2.05.